The Morgan fingerprint density at radius 3 is 2.50 bits per heavy atom. The van der Waals surface area contributed by atoms with Gasteiger partial charge in [0.15, 0.2) is 29.6 Å². The van der Waals surface area contributed by atoms with Gasteiger partial charge in [-0.3, -0.25) is 14.9 Å². The second-order valence-electron chi connectivity index (χ2n) is 5.73. The molecule has 0 bridgehead atoms. The van der Waals surface area contributed by atoms with E-state index in [0.717, 1.165) is 6.07 Å². The summed E-state index contributed by atoms with van der Waals surface area (Å²) in [6, 6.07) is 8.40. The molecule has 0 saturated heterocycles. The van der Waals surface area contributed by atoms with Gasteiger partial charge in [-0.1, -0.05) is 0 Å². The maximum Gasteiger partial charge on any atom is 0.338 e. The van der Waals surface area contributed by atoms with Gasteiger partial charge < -0.3 is 18.9 Å². The summed E-state index contributed by atoms with van der Waals surface area (Å²) in [6.45, 7) is 2.24. The van der Waals surface area contributed by atoms with Gasteiger partial charge in [0.1, 0.15) is 13.2 Å². The van der Waals surface area contributed by atoms with Gasteiger partial charge in [-0.15, -0.1) is 0 Å². The molecular formula is C19H17NO8. The van der Waals surface area contributed by atoms with Crippen molar-refractivity contribution in [2.45, 2.75) is 6.92 Å². The zero-order valence-electron chi connectivity index (χ0n) is 15.0. The number of hydrogen-bond donors (Lipinski definition) is 0. The second kappa shape index (κ2) is 8.38. The molecule has 1 aliphatic heterocycles. The first-order valence-corrected chi connectivity index (χ1v) is 8.50. The lowest BCUT2D eigenvalue weighted by Gasteiger charge is -2.18. The highest BCUT2D eigenvalue weighted by Gasteiger charge is 2.21. The highest BCUT2D eigenvalue weighted by Crippen LogP contribution is 2.31. The van der Waals surface area contributed by atoms with E-state index in [4.69, 9.17) is 18.9 Å². The van der Waals surface area contributed by atoms with Crippen LogP contribution in [0.2, 0.25) is 0 Å². The third-order valence-electron chi connectivity index (χ3n) is 3.89. The van der Waals surface area contributed by atoms with Crippen molar-refractivity contribution in [3.05, 3.63) is 57.6 Å². The number of hydrogen-bond acceptors (Lipinski definition) is 8. The fraction of sp³-hybridized carbons (Fsp3) is 0.263. The highest BCUT2D eigenvalue weighted by molar-refractivity contribution is 6.00. The molecule has 0 atom stereocenters. The van der Waals surface area contributed by atoms with Crippen LogP contribution in [0.3, 0.4) is 0 Å². The summed E-state index contributed by atoms with van der Waals surface area (Å²) in [5.41, 5.74) is -0.102. The van der Waals surface area contributed by atoms with Crippen LogP contribution < -0.4 is 14.2 Å². The molecule has 0 spiro atoms. The van der Waals surface area contributed by atoms with E-state index in [2.05, 4.69) is 0 Å². The fourth-order valence-corrected chi connectivity index (χ4v) is 2.58. The normalized spacial score (nSPS) is 12.2. The summed E-state index contributed by atoms with van der Waals surface area (Å²) < 4.78 is 21.0. The Morgan fingerprint density at radius 2 is 1.79 bits per heavy atom. The Kier molecular flexibility index (Phi) is 5.73. The molecule has 1 aliphatic rings. The van der Waals surface area contributed by atoms with Crippen LogP contribution in [0.5, 0.6) is 17.2 Å². The van der Waals surface area contributed by atoms with Crippen LogP contribution in [0.4, 0.5) is 5.69 Å². The predicted molar refractivity (Wildman–Crippen MR) is 96.3 cm³/mol. The van der Waals surface area contributed by atoms with Crippen LogP contribution in [0, 0.1) is 10.1 Å². The number of carbonyl (C=O) groups excluding carboxylic acids is 2. The van der Waals surface area contributed by atoms with Gasteiger partial charge in [0.05, 0.1) is 17.1 Å². The smallest absolute Gasteiger partial charge is 0.338 e. The number of Topliss-reactive ketones (excluding diaryl/α,β-unsaturated/α-hetero) is 1. The monoisotopic (exact) mass is 387 g/mol. The van der Waals surface area contributed by atoms with E-state index >= 15 is 0 Å². The highest BCUT2D eigenvalue weighted by atomic mass is 16.6. The van der Waals surface area contributed by atoms with E-state index in [1.54, 1.807) is 19.1 Å². The maximum absolute atomic E-state index is 12.3. The van der Waals surface area contributed by atoms with Crippen LogP contribution in [-0.2, 0) is 4.74 Å². The third kappa shape index (κ3) is 4.20. The summed E-state index contributed by atoms with van der Waals surface area (Å²) >= 11 is 0. The lowest BCUT2D eigenvalue weighted by molar-refractivity contribution is -0.385. The minimum absolute atomic E-state index is 0.0508. The predicted octanol–water partition coefficient (Wildman–Crippen LogP) is 2.80. The van der Waals surface area contributed by atoms with Crippen LogP contribution in [0.25, 0.3) is 0 Å². The van der Waals surface area contributed by atoms with Gasteiger partial charge in [-0.25, -0.2) is 4.79 Å². The van der Waals surface area contributed by atoms with Crippen LogP contribution >= 0.6 is 0 Å². The number of rotatable bonds is 7. The standard InChI is InChI=1S/C19H17NO8/c1-2-25-16-5-4-13(9-14(16)20(23)24)19(22)28-11-15(21)12-3-6-17-18(10-12)27-8-7-26-17/h3-6,9-10H,2,7-8,11H2,1H3. The summed E-state index contributed by atoms with van der Waals surface area (Å²) in [6.07, 6.45) is 0. The van der Waals surface area contributed by atoms with Crippen molar-refractivity contribution < 1.29 is 33.5 Å². The maximum atomic E-state index is 12.3. The van der Waals surface area contributed by atoms with Gasteiger partial charge in [0.25, 0.3) is 0 Å². The molecule has 3 rings (SSSR count). The van der Waals surface area contributed by atoms with Crippen LogP contribution in [0.15, 0.2) is 36.4 Å². The molecule has 9 nitrogen and oxygen atoms in total. The molecule has 0 saturated carbocycles. The molecular weight excluding hydrogens is 370 g/mol. The summed E-state index contributed by atoms with van der Waals surface area (Å²) in [4.78, 5) is 34.9. The summed E-state index contributed by atoms with van der Waals surface area (Å²) in [5, 5.41) is 11.1. The molecule has 0 fully saturated rings. The number of carbonyl (C=O) groups is 2. The number of esters is 1. The molecule has 0 aromatic heterocycles. The molecule has 2 aromatic rings. The second-order valence-corrected chi connectivity index (χ2v) is 5.73. The largest absolute Gasteiger partial charge is 0.487 e. The van der Waals surface area contributed by atoms with Crippen LogP contribution in [0.1, 0.15) is 27.6 Å². The van der Waals surface area contributed by atoms with Gasteiger partial charge in [0.2, 0.25) is 0 Å². The van der Waals surface area contributed by atoms with Gasteiger partial charge in [-0.2, -0.15) is 0 Å². The van der Waals surface area contributed by atoms with Gasteiger partial charge in [0, 0.05) is 11.6 Å². The number of nitro benzene ring substituents is 1. The minimum atomic E-state index is -0.850. The zero-order valence-corrected chi connectivity index (χ0v) is 15.0. The number of fused-ring (bicyclic) bond motifs is 1. The summed E-state index contributed by atoms with van der Waals surface area (Å²) in [5.74, 6) is -0.244. The minimum Gasteiger partial charge on any atom is -0.487 e. The fourth-order valence-electron chi connectivity index (χ4n) is 2.58. The van der Waals surface area contributed by atoms with Crippen molar-refractivity contribution in [1.29, 1.82) is 0 Å². The van der Waals surface area contributed by atoms with Crippen molar-refractivity contribution in [2.24, 2.45) is 0 Å². The summed E-state index contributed by atoms with van der Waals surface area (Å²) in [7, 11) is 0. The van der Waals surface area contributed by atoms with Crippen molar-refractivity contribution in [1.82, 2.24) is 0 Å². The van der Waals surface area contributed by atoms with Crippen molar-refractivity contribution in [2.75, 3.05) is 26.4 Å². The molecule has 28 heavy (non-hydrogen) atoms. The Balaban J connectivity index is 1.67. The Labute approximate surface area is 159 Å². The van der Waals surface area contributed by atoms with E-state index < -0.39 is 23.3 Å². The van der Waals surface area contributed by atoms with E-state index in [1.165, 1.54) is 18.2 Å². The topological polar surface area (TPSA) is 114 Å². The molecule has 0 N–H and O–H groups in total. The number of ketones is 1. The number of benzene rings is 2. The zero-order chi connectivity index (χ0) is 20.1. The first-order valence-electron chi connectivity index (χ1n) is 8.50. The molecule has 0 unspecified atom stereocenters. The van der Waals surface area contributed by atoms with Crippen molar-refractivity contribution >= 4 is 17.4 Å². The van der Waals surface area contributed by atoms with Crippen molar-refractivity contribution in [3.8, 4) is 17.2 Å². The average Bonchev–Trinajstić information content (AvgIpc) is 2.71. The molecule has 9 heteroatoms. The lowest BCUT2D eigenvalue weighted by atomic mass is 10.1. The Morgan fingerprint density at radius 1 is 1.07 bits per heavy atom. The molecule has 146 valence electrons. The van der Waals surface area contributed by atoms with Gasteiger partial charge >= 0.3 is 11.7 Å². The Bertz CT molecular complexity index is 924. The van der Waals surface area contributed by atoms with Gasteiger partial charge in [-0.05, 0) is 37.3 Å². The first kappa shape index (κ1) is 19.2. The molecule has 0 radical (unpaired) electrons. The number of ether oxygens (including phenoxy) is 4. The molecule has 1 heterocycles. The Hall–Kier alpha value is -3.62. The molecule has 2 aromatic carbocycles. The first-order chi connectivity index (χ1) is 13.5. The number of nitrogens with zero attached hydrogens (tertiary/aromatic N) is 1. The van der Waals surface area contributed by atoms with E-state index in [-0.39, 0.29) is 23.6 Å². The van der Waals surface area contributed by atoms with Crippen LogP contribution in [-0.4, -0.2) is 43.1 Å². The van der Waals surface area contributed by atoms with Crippen molar-refractivity contribution in [3.63, 3.8) is 0 Å². The van der Waals surface area contributed by atoms with E-state index in [1.807, 2.05) is 0 Å². The SMILES string of the molecule is CCOc1ccc(C(=O)OCC(=O)c2ccc3c(c2)OCCO3)cc1[N+](=O)[O-]. The van der Waals surface area contributed by atoms with E-state index in [9.17, 15) is 19.7 Å². The lowest BCUT2D eigenvalue weighted by Crippen LogP contribution is -2.17. The average molecular weight is 387 g/mol. The quantitative estimate of drug-likeness (QED) is 0.308. The molecule has 0 aliphatic carbocycles. The van der Waals surface area contributed by atoms with E-state index in [0.29, 0.717) is 30.3 Å². The third-order valence-corrected chi connectivity index (χ3v) is 3.89. The number of nitro groups is 1. The molecule has 0 amide bonds.